The van der Waals surface area contributed by atoms with Gasteiger partial charge in [0.05, 0.1) is 12.1 Å². The molecule has 5 nitrogen and oxygen atoms in total. The van der Waals surface area contributed by atoms with Gasteiger partial charge in [0.25, 0.3) is 0 Å². The van der Waals surface area contributed by atoms with Gasteiger partial charge in [-0.25, -0.2) is 0 Å². The lowest BCUT2D eigenvalue weighted by Gasteiger charge is -2.37. The molecule has 3 fully saturated rings. The van der Waals surface area contributed by atoms with Gasteiger partial charge in [0, 0.05) is 37.3 Å². The SMILES string of the molecule is C=CCC(CCC1CCN(C[C@H]2CN(C(=O)C3CCCC3)C[C@]2(O)c2ccccc2)CC1)C(=O)Cc1ccc(C(F)(F)F)cc1. The molecule has 2 heterocycles. The Kier molecular flexibility index (Phi) is 10.9. The molecule has 0 spiro atoms. The second-order valence-electron chi connectivity index (χ2n) is 13.6. The number of carbonyl (C=O) groups excluding carboxylic acids is 2. The number of hydrogen-bond acceptors (Lipinski definition) is 4. The number of nitrogens with zero attached hydrogens (tertiary/aromatic N) is 2. The number of Topliss-reactive ketones (excluding diaryl/α,β-unsaturated/α-hetero) is 1. The van der Waals surface area contributed by atoms with E-state index in [1.54, 1.807) is 6.08 Å². The van der Waals surface area contributed by atoms with Crippen molar-refractivity contribution < 1.29 is 27.9 Å². The Balaban J connectivity index is 1.13. The lowest BCUT2D eigenvalue weighted by Crippen LogP contribution is -2.44. The third-order valence-electron chi connectivity index (χ3n) is 10.5. The van der Waals surface area contributed by atoms with Crippen LogP contribution in [0.15, 0.2) is 67.3 Å². The highest BCUT2D eigenvalue weighted by Gasteiger charge is 2.49. The van der Waals surface area contributed by atoms with Crippen molar-refractivity contribution in [2.75, 3.05) is 32.7 Å². The molecule has 5 rings (SSSR count). The Morgan fingerprint density at radius 1 is 1.00 bits per heavy atom. The van der Waals surface area contributed by atoms with E-state index in [1.807, 2.05) is 35.2 Å². The van der Waals surface area contributed by atoms with E-state index >= 15 is 0 Å². The Morgan fingerprint density at radius 2 is 1.67 bits per heavy atom. The number of allylic oxidation sites excluding steroid dienone is 1. The number of β-amino-alcohol motifs (C(OH)–C–C–N with tert-alkyl or cyclic N) is 1. The normalized spacial score (nSPS) is 24.2. The number of alkyl halides is 3. The zero-order valence-corrected chi connectivity index (χ0v) is 26.2. The lowest BCUT2D eigenvalue weighted by molar-refractivity contribution is -0.137. The zero-order chi connectivity index (χ0) is 32.0. The van der Waals surface area contributed by atoms with Crippen LogP contribution in [0.25, 0.3) is 0 Å². The minimum absolute atomic E-state index is 0.0465. The summed E-state index contributed by atoms with van der Waals surface area (Å²) in [5, 5.41) is 12.1. The van der Waals surface area contributed by atoms with Crippen molar-refractivity contribution in [1.29, 1.82) is 0 Å². The quantitative estimate of drug-likeness (QED) is 0.258. The van der Waals surface area contributed by atoms with E-state index in [0.717, 1.165) is 88.7 Å². The van der Waals surface area contributed by atoms with Crippen LogP contribution >= 0.6 is 0 Å². The second-order valence-corrected chi connectivity index (χ2v) is 13.6. The molecule has 1 saturated carbocycles. The third kappa shape index (κ3) is 8.25. The van der Waals surface area contributed by atoms with Gasteiger partial charge in [-0.15, -0.1) is 6.58 Å². The monoisotopic (exact) mass is 624 g/mol. The number of halogens is 3. The first kappa shape index (κ1) is 33.4. The number of rotatable bonds is 12. The summed E-state index contributed by atoms with van der Waals surface area (Å²) in [4.78, 5) is 30.8. The average Bonchev–Trinajstić information content (AvgIpc) is 3.69. The lowest BCUT2D eigenvalue weighted by atomic mass is 9.82. The van der Waals surface area contributed by atoms with Crippen LogP contribution in [-0.4, -0.2) is 59.3 Å². The molecule has 3 atom stereocenters. The van der Waals surface area contributed by atoms with Crippen LogP contribution in [0.3, 0.4) is 0 Å². The standard InChI is InChI=1S/C37H47F3N2O3/c1-2-8-29(34(43)23-28-14-17-32(18-15-28)37(38,39)40)16-13-27-19-21-41(22-20-27)24-33-25-42(35(44)30-9-6-7-10-30)26-36(33,45)31-11-4-3-5-12-31/h2-5,11-12,14-15,17-18,27,29-30,33,45H,1,6-10,13,16,19-26H2/t29?,33-,36-/m0/s1. The maximum atomic E-state index is 13.4. The molecule has 2 saturated heterocycles. The highest BCUT2D eigenvalue weighted by molar-refractivity contribution is 5.83. The highest BCUT2D eigenvalue weighted by Crippen LogP contribution is 2.40. The van der Waals surface area contributed by atoms with Gasteiger partial charge in [-0.3, -0.25) is 9.59 Å². The number of hydrogen-bond donors (Lipinski definition) is 1. The summed E-state index contributed by atoms with van der Waals surface area (Å²) in [5.74, 6) is 0.568. The van der Waals surface area contributed by atoms with Gasteiger partial charge in [0.15, 0.2) is 0 Å². The van der Waals surface area contributed by atoms with Gasteiger partial charge in [0.1, 0.15) is 11.4 Å². The van der Waals surface area contributed by atoms with Crippen molar-refractivity contribution >= 4 is 11.7 Å². The topological polar surface area (TPSA) is 60.9 Å². The van der Waals surface area contributed by atoms with Crippen molar-refractivity contribution in [1.82, 2.24) is 9.80 Å². The van der Waals surface area contributed by atoms with E-state index in [2.05, 4.69) is 11.5 Å². The summed E-state index contributed by atoms with van der Waals surface area (Å²) in [6.45, 7) is 7.30. The summed E-state index contributed by atoms with van der Waals surface area (Å²) in [6.07, 6.45) is 5.85. The van der Waals surface area contributed by atoms with E-state index in [1.165, 1.54) is 12.1 Å². The van der Waals surface area contributed by atoms with Crippen molar-refractivity contribution in [3.63, 3.8) is 0 Å². The van der Waals surface area contributed by atoms with E-state index in [9.17, 15) is 27.9 Å². The molecule has 0 aromatic heterocycles. The van der Waals surface area contributed by atoms with Gasteiger partial charge >= 0.3 is 6.18 Å². The molecule has 45 heavy (non-hydrogen) atoms. The fourth-order valence-electron chi connectivity index (χ4n) is 7.74. The molecule has 2 aromatic carbocycles. The first-order valence-electron chi connectivity index (χ1n) is 16.7. The van der Waals surface area contributed by atoms with Crippen molar-refractivity contribution in [3.05, 3.63) is 83.9 Å². The first-order chi connectivity index (χ1) is 21.6. The highest BCUT2D eigenvalue weighted by atomic mass is 19.4. The van der Waals surface area contributed by atoms with Crippen LogP contribution in [0.2, 0.25) is 0 Å². The predicted molar refractivity (Wildman–Crippen MR) is 169 cm³/mol. The maximum Gasteiger partial charge on any atom is 0.416 e. The van der Waals surface area contributed by atoms with E-state index in [0.29, 0.717) is 31.0 Å². The van der Waals surface area contributed by atoms with Crippen molar-refractivity contribution in [2.24, 2.45) is 23.7 Å². The third-order valence-corrected chi connectivity index (χ3v) is 10.5. The summed E-state index contributed by atoms with van der Waals surface area (Å²) in [6, 6.07) is 14.7. The molecule has 3 aliphatic rings. The van der Waals surface area contributed by atoms with Crippen molar-refractivity contribution in [3.8, 4) is 0 Å². The minimum Gasteiger partial charge on any atom is -0.383 e. The molecule has 0 bridgehead atoms. The Morgan fingerprint density at radius 3 is 2.29 bits per heavy atom. The molecule has 2 aliphatic heterocycles. The molecule has 244 valence electrons. The molecule has 1 amide bonds. The van der Waals surface area contributed by atoms with E-state index in [-0.39, 0.29) is 35.9 Å². The van der Waals surface area contributed by atoms with Crippen LogP contribution < -0.4 is 0 Å². The Bertz CT molecular complexity index is 1280. The zero-order valence-electron chi connectivity index (χ0n) is 26.2. The predicted octanol–water partition coefficient (Wildman–Crippen LogP) is 7.04. The van der Waals surface area contributed by atoms with Crippen LogP contribution in [0.5, 0.6) is 0 Å². The van der Waals surface area contributed by atoms with Crippen LogP contribution in [0.4, 0.5) is 13.2 Å². The van der Waals surface area contributed by atoms with E-state index < -0.39 is 17.3 Å². The second kappa shape index (κ2) is 14.6. The number of benzene rings is 2. The number of aliphatic hydroxyl groups is 1. The van der Waals surface area contributed by atoms with Gasteiger partial charge in [0.2, 0.25) is 5.91 Å². The van der Waals surface area contributed by atoms with Gasteiger partial charge < -0.3 is 14.9 Å². The molecule has 1 unspecified atom stereocenters. The molecule has 2 aromatic rings. The number of carbonyl (C=O) groups is 2. The minimum atomic E-state index is -4.39. The van der Waals surface area contributed by atoms with E-state index in [4.69, 9.17) is 0 Å². The van der Waals surface area contributed by atoms with Crippen LogP contribution in [0, 0.1) is 23.7 Å². The summed E-state index contributed by atoms with van der Waals surface area (Å²) < 4.78 is 38.7. The fraction of sp³-hybridized carbons (Fsp3) is 0.568. The van der Waals surface area contributed by atoms with Gasteiger partial charge in [-0.05, 0) is 87.2 Å². The number of piperidine rings is 1. The fourth-order valence-corrected chi connectivity index (χ4v) is 7.74. The first-order valence-corrected chi connectivity index (χ1v) is 16.7. The smallest absolute Gasteiger partial charge is 0.383 e. The molecule has 8 heteroatoms. The van der Waals surface area contributed by atoms with Crippen LogP contribution in [-0.2, 0) is 27.8 Å². The van der Waals surface area contributed by atoms with Crippen molar-refractivity contribution in [2.45, 2.75) is 76.0 Å². The van der Waals surface area contributed by atoms with Crippen LogP contribution in [0.1, 0.15) is 74.5 Å². The summed E-state index contributed by atoms with van der Waals surface area (Å²) >= 11 is 0. The maximum absolute atomic E-state index is 13.4. The summed E-state index contributed by atoms with van der Waals surface area (Å²) in [7, 11) is 0. The molecule has 0 radical (unpaired) electrons. The Labute approximate surface area is 265 Å². The molecular weight excluding hydrogens is 577 g/mol. The molecule has 1 N–H and O–H groups in total. The average molecular weight is 625 g/mol. The Hall–Kier alpha value is -2.97. The largest absolute Gasteiger partial charge is 0.416 e. The van der Waals surface area contributed by atoms with Gasteiger partial charge in [-0.1, -0.05) is 61.4 Å². The number of ketones is 1. The summed E-state index contributed by atoms with van der Waals surface area (Å²) in [5.41, 5.74) is -0.306. The molecular formula is C37H47F3N2O3. The molecule has 1 aliphatic carbocycles. The number of amides is 1. The van der Waals surface area contributed by atoms with Gasteiger partial charge in [-0.2, -0.15) is 13.2 Å². The number of likely N-dealkylation sites (tertiary alicyclic amines) is 2.